The molecule has 0 aliphatic rings. The summed E-state index contributed by atoms with van der Waals surface area (Å²) >= 11 is 0. The van der Waals surface area contributed by atoms with Crippen LogP contribution in [0.3, 0.4) is 0 Å². The molecule has 12 nitrogen and oxygen atoms in total. The van der Waals surface area contributed by atoms with Gasteiger partial charge in [0.25, 0.3) is 0 Å². The van der Waals surface area contributed by atoms with Crippen LogP contribution in [0, 0.1) is 0 Å². The van der Waals surface area contributed by atoms with Crippen molar-refractivity contribution in [3.05, 3.63) is 36.4 Å². The Balaban J connectivity index is -0.000000237. The molecular weight excluding hydrogens is 530 g/mol. The van der Waals surface area contributed by atoms with Gasteiger partial charge in [0.05, 0.1) is 9.79 Å². The molecule has 188 valence electrons. The molecule has 10 N–H and O–H groups in total. The van der Waals surface area contributed by atoms with E-state index in [9.17, 15) is 25.9 Å². The summed E-state index contributed by atoms with van der Waals surface area (Å²) in [5.41, 5.74) is 0. The summed E-state index contributed by atoms with van der Waals surface area (Å²) < 4.78 is 64.8. The predicted octanol–water partition coefficient (Wildman–Crippen LogP) is -2.35. The SMILES string of the molecule is CNCCNC.CNCCNC.O=S(=O)([O-])c1ccc2cc(S(=O)(=O)[O-])ccc2c1.[OH3+].[OH3+].[Zn+2]. The van der Waals surface area contributed by atoms with Crippen LogP contribution in [0.5, 0.6) is 0 Å². The Bertz CT molecular complexity index is 889. The smallest absolute Gasteiger partial charge is 0.744 e. The Kier molecular flexibility index (Phi) is 24.1. The van der Waals surface area contributed by atoms with E-state index in [1.165, 1.54) is 12.1 Å². The van der Waals surface area contributed by atoms with Gasteiger partial charge in [-0.3, -0.25) is 0 Å². The van der Waals surface area contributed by atoms with Gasteiger partial charge in [-0.2, -0.15) is 0 Å². The topological polar surface area (TPSA) is 229 Å². The fourth-order valence-electron chi connectivity index (χ4n) is 2.01. The molecule has 15 heteroatoms. The molecule has 0 aliphatic heterocycles. The zero-order valence-corrected chi connectivity index (χ0v) is 24.0. The molecule has 2 aromatic carbocycles. The first kappa shape index (κ1) is 39.1. The molecular formula is C18H36N4O8S2Zn+2. The number of benzene rings is 2. The van der Waals surface area contributed by atoms with Gasteiger partial charge < -0.3 is 41.3 Å². The van der Waals surface area contributed by atoms with Crippen molar-refractivity contribution in [2.45, 2.75) is 9.79 Å². The summed E-state index contributed by atoms with van der Waals surface area (Å²) in [5, 5.41) is 12.7. The molecule has 0 bridgehead atoms. The van der Waals surface area contributed by atoms with Crippen molar-refractivity contribution in [2.75, 3.05) is 54.4 Å². The van der Waals surface area contributed by atoms with Gasteiger partial charge in [-0.25, -0.2) is 16.8 Å². The van der Waals surface area contributed by atoms with E-state index >= 15 is 0 Å². The quantitative estimate of drug-likeness (QED) is 0.115. The predicted molar refractivity (Wildman–Crippen MR) is 125 cm³/mol. The van der Waals surface area contributed by atoms with Crippen LogP contribution in [0.25, 0.3) is 10.8 Å². The zero-order chi connectivity index (χ0) is 23.2. The van der Waals surface area contributed by atoms with Gasteiger partial charge in [0, 0.05) is 26.2 Å². The van der Waals surface area contributed by atoms with E-state index in [1.807, 2.05) is 28.2 Å². The number of likely N-dealkylation sites (N-methyl/N-ethyl adjacent to an activating group) is 4. The molecule has 0 fully saturated rings. The number of hydrogen-bond acceptors (Lipinski definition) is 10. The van der Waals surface area contributed by atoms with Crippen molar-refractivity contribution in [2.24, 2.45) is 0 Å². The Morgan fingerprint density at radius 3 is 1.03 bits per heavy atom. The maximum atomic E-state index is 10.8. The van der Waals surface area contributed by atoms with Crippen LogP contribution in [0.4, 0.5) is 0 Å². The largest absolute Gasteiger partial charge is 2.00 e. The third-order valence-corrected chi connectivity index (χ3v) is 5.27. The van der Waals surface area contributed by atoms with Gasteiger partial charge in [0.1, 0.15) is 20.2 Å². The molecule has 33 heavy (non-hydrogen) atoms. The molecule has 2 rings (SSSR count). The van der Waals surface area contributed by atoms with E-state index in [1.54, 1.807) is 0 Å². The Labute approximate surface area is 208 Å². The summed E-state index contributed by atoms with van der Waals surface area (Å²) in [5.74, 6) is 0. The molecule has 0 aromatic heterocycles. The molecule has 0 spiro atoms. The zero-order valence-electron chi connectivity index (χ0n) is 19.4. The van der Waals surface area contributed by atoms with Crippen molar-refractivity contribution in [3.63, 3.8) is 0 Å². The third-order valence-electron chi connectivity index (χ3n) is 3.61. The van der Waals surface area contributed by atoms with Gasteiger partial charge in [-0.15, -0.1) is 0 Å². The van der Waals surface area contributed by atoms with E-state index in [-0.39, 0.29) is 30.4 Å². The number of hydrogen-bond donors (Lipinski definition) is 4. The van der Waals surface area contributed by atoms with Crippen LogP contribution in [-0.4, -0.2) is 80.3 Å². The first-order valence-electron chi connectivity index (χ1n) is 9.05. The minimum absolute atomic E-state index is 0. The first-order chi connectivity index (χ1) is 14.0. The summed E-state index contributed by atoms with van der Waals surface area (Å²) in [7, 11) is -1.36. The fraction of sp³-hybridized carbons (Fsp3) is 0.444. The molecule has 0 saturated carbocycles. The summed E-state index contributed by atoms with van der Waals surface area (Å²) in [6.45, 7) is 4.21. The normalized spacial score (nSPS) is 10.2. The fourth-order valence-corrected chi connectivity index (χ4v) is 3.02. The van der Waals surface area contributed by atoms with E-state index in [0.29, 0.717) is 10.8 Å². The molecule has 2 aromatic rings. The second-order valence-corrected chi connectivity index (χ2v) is 8.75. The van der Waals surface area contributed by atoms with Gasteiger partial charge in [-0.1, -0.05) is 12.1 Å². The van der Waals surface area contributed by atoms with E-state index in [2.05, 4.69) is 21.3 Å². The Hall–Kier alpha value is -1.10. The average molecular weight is 566 g/mol. The van der Waals surface area contributed by atoms with Gasteiger partial charge in [0.2, 0.25) is 0 Å². The number of fused-ring (bicyclic) bond motifs is 1. The van der Waals surface area contributed by atoms with Crippen molar-refractivity contribution in [1.29, 1.82) is 0 Å². The van der Waals surface area contributed by atoms with Gasteiger partial charge in [0.15, 0.2) is 0 Å². The van der Waals surface area contributed by atoms with Crippen LogP contribution in [0.1, 0.15) is 0 Å². The average Bonchev–Trinajstić information content (AvgIpc) is 2.69. The second kappa shape index (κ2) is 20.3. The second-order valence-electron chi connectivity index (χ2n) is 5.99. The minimum atomic E-state index is -4.56. The van der Waals surface area contributed by atoms with Crippen molar-refractivity contribution in [1.82, 2.24) is 21.3 Å². The van der Waals surface area contributed by atoms with E-state index in [4.69, 9.17) is 0 Å². The van der Waals surface area contributed by atoms with E-state index < -0.39 is 30.0 Å². The summed E-state index contributed by atoms with van der Waals surface area (Å²) in [6, 6.07) is 6.92. The summed E-state index contributed by atoms with van der Waals surface area (Å²) in [4.78, 5) is -0.819. The first-order valence-corrected chi connectivity index (χ1v) is 11.9. The van der Waals surface area contributed by atoms with Crippen LogP contribution in [0.2, 0.25) is 0 Å². The third kappa shape index (κ3) is 17.1. The molecule has 0 aliphatic carbocycles. The standard InChI is InChI=1S/C10H8O6S2.2C4H12N2.2H2O.Zn/c11-17(12,13)9-3-1-7-5-10(18(14,15)16)4-2-8(7)6-9;2*1-5-3-4-6-2;;;/h1-6H,(H,11,12,13)(H,14,15,16);2*5-6H,3-4H2,1-2H3;2*1H2;/q;;;;;+2. The van der Waals surface area contributed by atoms with Crippen LogP contribution in [0.15, 0.2) is 46.2 Å². The van der Waals surface area contributed by atoms with Crippen molar-refractivity contribution < 1.29 is 56.4 Å². The van der Waals surface area contributed by atoms with Gasteiger partial charge >= 0.3 is 19.5 Å². The van der Waals surface area contributed by atoms with Gasteiger partial charge in [-0.05, 0) is 63.2 Å². The molecule has 0 atom stereocenters. The molecule has 0 saturated heterocycles. The molecule has 0 heterocycles. The number of rotatable bonds is 8. The van der Waals surface area contributed by atoms with Crippen LogP contribution >= 0.6 is 0 Å². The van der Waals surface area contributed by atoms with Crippen molar-refractivity contribution in [3.8, 4) is 0 Å². The number of nitrogens with one attached hydrogen (secondary N) is 4. The van der Waals surface area contributed by atoms with E-state index in [0.717, 1.165) is 50.4 Å². The molecule has 0 amide bonds. The molecule has 0 radical (unpaired) electrons. The van der Waals surface area contributed by atoms with Crippen molar-refractivity contribution >= 4 is 31.0 Å². The van der Waals surface area contributed by atoms with Crippen LogP contribution < -0.4 is 21.3 Å². The Morgan fingerprint density at radius 2 is 0.848 bits per heavy atom. The van der Waals surface area contributed by atoms with Crippen LogP contribution in [-0.2, 0) is 50.7 Å². The summed E-state index contributed by atoms with van der Waals surface area (Å²) in [6.07, 6.45) is 0. The Morgan fingerprint density at radius 1 is 0.606 bits per heavy atom. The maximum absolute atomic E-state index is 10.8. The maximum Gasteiger partial charge on any atom is 2.00 e. The molecule has 0 unspecified atom stereocenters. The minimum Gasteiger partial charge on any atom is -0.744 e. The monoisotopic (exact) mass is 564 g/mol.